The predicted molar refractivity (Wildman–Crippen MR) is 111 cm³/mol. The molecule has 1 aliphatic rings. The highest BCUT2D eigenvalue weighted by molar-refractivity contribution is 5.68. The van der Waals surface area contributed by atoms with Crippen molar-refractivity contribution in [3.8, 4) is 5.75 Å². The zero-order valence-electron chi connectivity index (χ0n) is 17.1. The summed E-state index contributed by atoms with van der Waals surface area (Å²) in [7, 11) is 1.61. The average Bonchev–Trinajstić information content (AvgIpc) is 2.70. The number of carbonyl (C=O) groups excluding carboxylic acids is 1. The molecule has 152 valence electrons. The lowest BCUT2D eigenvalue weighted by Crippen LogP contribution is -2.45. The highest BCUT2D eigenvalue weighted by Gasteiger charge is 2.27. The molecule has 1 N–H and O–H groups in total. The molecule has 0 bridgehead atoms. The number of benzene rings is 1. The Morgan fingerprint density at radius 2 is 2.04 bits per heavy atom. The normalized spacial score (nSPS) is 15.4. The van der Waals surface area contributed by atoms with Crippen LogP contribution in [0.4, 0.5) is 4.79 Å². The SMILES string of the molecule is C=C(C)CC(O)[C@H](C)N(Cc1ccc(OC)cc1)C(=O)OCC1=CC=CCC1. The second-order valence-corrected chi connectivity index (χ2v) is 7.29. The van der Waals surface area contributed by atoms with E-state index in [2.05, 4.69) is 12.7 Å². The predicted octanol–water partition coefficient (Wildman–Crippen LogP) is 4.63. The summed E-state index contributed by atoms with van der Waals surface area (Å²) in [6.07, 6.45) is 7.23. The molecule has 0 fully saturated rings. The van der Waals surface area contributed by atoms with Gasteiger partial charge in [0.25, 0.3) is 0 Å². The number of carbonyl (C=O) groups is 1. The van der Waals surface area contributed by atoms with Gasteiger partial charge in [-0.3, -0.25) is 4.90 Å². The molecule has 1 aromatic carbocycles. The third-order valence-electron chi connectivity index (χ3n) is 4.83. The molecule has 0 heterocycles. The van der Waals surface area contributed by atoms with Crippen LogP contribution in [0.3, 0.4) is 0 Å². The maximum Gasteiger partial charge on any atom is 0.410 e. The molecular formula is C23H31NO4. The summed E-state index contributed by atoms with van der Waals surface area (Å²) in [5.74, 6) is 0.755. The quantitative estimate of drug-likeness (QED) is 0.630. The van der Waals surface area contributed by atoms with Crippen LogP contribution < -0.4 is 4.74 Å². The Morgan fingerprint density at radius 3 is 2.61 bits per heavy atom. The van der Waals surface area contributed by atoms with E-state index in [0.29, 0.717) is 13.0 Å². The van der Waals surface area contributed by atoms with E-state index in [1.165, 1.54) is 0 Å². The van der Waals surface area contributed by atoms with Crippen molar-refractivity contribution in [3.63, 3.8) is 0 Å². The van der Waals surface area contributed by atoms with Crippen LogP contribution >= 0.6 is 0 Å². The van der Waals surface area contributed by atoms with Gasteiger partial charge in [-0.2, -0.15) is 0 Å². The van der Waals surface area contributed by atoms with Crippen molar-refractivity contribution in [1.82, 2.24) is 4.90 Å². The van der Waals surface area contributed by atoms with Crippen LogP contribution in [-0.4, -0.2) is 42.0 Å². The van der Waals surface area contributed by atoms with E-state index < -0.39 is 18.2 Å². The van der Waals surface area contributed by atoms with Crippen molar-refractivity contribution < 1.29 is 19.4 Å². The topological polar surface area (TPSA) is 59.0 Å². The number of aliphatic hydroxyl groups excluding tert-OH is 1. The Bertz CT molecular complexity index is 721. The molecule has 28 heavy (non-hydrogen) atoms. The maximum atomic E-state index is 12.8. The summed E-state index contributed by atoms with van der Waals surface area (Å²) in [5, 5.41) is 10.5. The highest BCUT2D eigenvalue weighted by atomic mass is 16.6. The Balaban J connectivity index is 2.10. The van der Waals surface area contributed by atoms with E-state index in [-0.39, 0.29) is 6.61 Å². The monoisotopic (exact) mass is 385 g/mol. The van der Waals surface area contributed by atoms with Crippen LogP contribution in [0, 0.1) is 0 Å². The lowest BCUT2D eigenvalue weighted by molar-refractivity contribution is 0.0394. The van der Waals surface area contributed by atoms with E-state index in [1.807, 2.05) is 50.3 Å². The molecule has 1 amide bonds. The van der Waals surface area contributed by atoms with Gasteiger partial charge in [-0.1, -0.05) is 35.9 Å². The standard InChI is InChI=1S/C23H31NO4/c1-17(2)14-22(25)18(3)24(15-19-10-12-21(27-4)13-11-19)23(26)28-16-20-8-6-5-7-9-20/h5-6,8,10-13,18,22,25H,1,7,9,14-16H2,2-4H3/t18-,22?/m0/s1. The number of hydrogen-bond acceptors (Lipinski definition) is 4. The summed E-state index contributed by atoms with van der Waals surface area (Å²) in [4.78, 5) is 14.4. The Morgan fingerprint density at radius 1 is 1.32 bits per heavy atom. The van der Waals surface area contributed by atoms with Crippen molar-refractivity contribution in [2.75, 3.05) is 13.7 Å². The van der Waals surface area contributed by atoms with Gasteiger partial charge in [0.1, 0.15) is 12.4 Å². The fraction of sp³-hybridized carbons (Fsp3) is 0.435. The van der Waals surface area contributed by atoms with Gasteiger partial charge in [0.2, 0.25) is 0 Å². The largest absolute Gasteiger partial charge is 0.497 e. The first kappa shape index (κ1) is 21.8. The van der Waals surface area contributed by atoms with Gasteiger partial charge in [0.05, 0.1) is 19.3 Å². The molecule has 0 radical (unpaired) electrons. The molecule has 0 saturated heterocycles. The number of amides is 1. The summed E-state index contributed by atoms with van der Waals surface area (Å²) in [5.41, 5.74) is 2.90. The number of rotatable bonds is 9. The van der Waals surface area contributed by atoms with E-state index in [0.717, 1.165) is 35.3 Å². The number of ether oxygens (including phenoxy) is 2. The Hall–Kier alpha value is -2.53. The van der Waals surface area contributed by atoms with Crippen LogP contribution in [-0.2, 0) is 11.3 Å². The number of hydrogen-bond donors (Lipinski definition) is 1. The number of allylic oxidation sites excluding steroid dienone is 3. The van der Waals surface area contributed by atoms with Gasteiger partial charge in [-0.15, -0.1) is 6.58 Å². The number of methoxy groups -OCH3 is 1. The first-order valence-corrected chi connectivity index (χ1v) is 9.64. The molecule has 5 heteroatoms. The van der Waals surface area contributed by atoms with Crippen molar-refractivity contribution >= 4 is 6.09 Å². The molecule has 0 saturated carbocycles. The van der Waals surface area contributed by atoms with Crippen molar-refractivity contribution in [1.29, 1.82) is 0 Å². The van der Waals surface area contributed by atoms with Crippen molar-refractivity contribution in [2.45, 2.75) is 51.8 Å². The fourth-order valence-electron chi connectivity index (χ4n) is 3.05. The summed E-state index contributed by atoms with van der Waals surface area (Å²) < 4.78 is 10.8. The van der Waals surface area contributed by atoms with Crippen LogP contribution in [0.15, 0.2) is 60.2 Å². The summed E-state index contributed by atoms with van der Waals surface area (Å²) in [6, 6.07) is 7.11. The minimum Gasteiger partial charge on any atom is -0.497 e. The van der Waals surface area contributed by atoms with E-state index in [4.69, 9.17) is 9.47 Å². The molecule has 1 aliphatic carbocycles. The van der Waals surface area contributed by atoms with E-state index in [1.54, 1.807) is 12.0 Å². The zero-order chi connectivity index (χ0) is 20.5. The Labute approximate surface area is 168 Å². The molecular weight excluding hydrogens is 354 g/mol. The van der Waals surface area contributed by atoms with Crippen molar-refractivity contribution in [3.05, 3.63) is 65.8 Å². The minimum atomic E-state index is -0.708. The molecule has 0 aromatic heterocycles. The zero-order valence-corrected chi connectivity index (χ0v) is 17.1. The van der Waals surface area contributed by atoms with Gasteiger partial charge in [0, 0.05) is 6.54 Å². The third-order valence-corrected chi connectivity index (χ3v) is 4.83. The van der Waals surface area contributed by atoms with Gasteiger partial charge in [-0.25, -0.2) is 4.79 Å². The smallest absolute Gasteiger partial charge is 0.410 e. The third kappa shape index (κ3) is 6.57. The summed E-state index contributed by atoms with van der Waals surface area (Å²) >= 11 is 0. The lowest BCUT2D eigenvalue weighted by atomic mass is 10.0. The number of aliphatic hydroxyl groups is 1. The molecule has 1 unspecified atom stereocenters. The molecule has 1 aromatic rings. The van der Waals surface area contributed by atoms with Crippen LogP contribution in [0.25, 0.3) is 0 Å². The fourth-order valence-corrected chi connectivity index (χ4v) is 3.05. The summed E-state index contributed by atoms with van der Waals surface area (Å²) in [6.45, 7) is 8.17. The van der Waals surface area contributed by atoms with Crippen LogP contribution in [0.5, 0.6) is 5.75 Å². The Kier molecular flexibility index (Phi) is 8.33. The highest BCUT2D eigenvalue weighted by Crippen LogP contribution is 2.20. The molecule has 5 nitrogen and oxygen atoms in total. The molecule has 2 rings (SSSR count). The van der Waals surface area contributed by atoms with E-state index >= 15 is 0 Å². The van der Waals surface area contributed by atoms with Crippen LogP contribution in [0.1, 0.15) is 38.7 Å². The van der Waals surface area contributed by atoms with Gasteiger partial charge in [0.15, 0.2) is 0 Å². The van der Waals surface area contributed by atoms with Crippen molar-refractivity contribution in [2.24, 2.45) is 0 Å². The number of nitrogens with zero attached hydrogens (tertiary/aromatic N) is 1. The molecule has 2 atom stereocenters. The average molecular weight is 386 g/mol. The van der Waals surface area contributed by atoms with Gasteiger partial charge < -0.3 is 14.6 Å². The first-order valence-electron chi connectivity index (χ1n) is 9.64. The van der Waals surface area contributed by atoms with Gasteiger partial charge >= 0.3 is 6.09 Å². The second kappa shape index (κ2) is 10.7. The lowest BCUT2D eigenvalue weighted by Gasteiger charge is -2.32. The minimum absolute atomic E-state index is 0.269. The van der Waals surface area contributed by atoms with Crippen LogP contribution in [0.2, 0.25) is 0 Å². The maximum absolute atomic E-state index is 12.8. The molecule has 0 spiro atoms. The first-order chi connectivity index (χ1) is 13.4. The molecule has 0 aliphatic heterocycles. The second-order valence-electron chi connectivity index (χ2n) is 7.29. The van der Waals surface area contributed by atoms with Gasteiger partial charge in [-0.05, 0) is 56.4 Å². The van der Waals surface area contributed by atoms with E-state index in [9.17, 15) is 9.90 Å².